The Morgan fingerprint density at radius 3 is 1.97 bits per heavy atom. The van der Waals surface area contributed by atoms with Gasteiger partial charge in [0.25, 0.3) is 0 Å². The molecule has 2 nitrogen and oxygen atoms in total. The summed E-state index contributed by atoms with van der Waals surface area (Å²) in [5.41, 5.74) is 2.45. The number of hydrogen-bond donors (Lipinski definition) is 0. The van der Waals surface area contributed by atoms with Crippen molar-refractivity contribution in [3.05, 3.63) is 84.6 Å². The molecule has 0 aliphatic carbocycles. The minimum absolute atomic E-state index is 0.499. The monoisotopic (exact) mass is 386 g/mol. The predicted octanol–water partition coefficient (Wildman–Crippen LogP) is 6.97. The van der Waals surface area contributed by atoms with Gasteiger partial charge < -0.3 is 4.40 Å². The van der Waals surface area contributed by atoms with E-state index in [1.165, 1.54) is 6.07 Å². The Bertz CT molecular complexity index is 1590. The average Bonchev–Trinajstić information content (AvgIpc) is 3.12. The maximum absolute atomic E-state index is 13.4. The Balaban J connectivity index is 1.93. The molecule has 29 heavy (non-hydrogen) atoms. The lowest BCUT2D eigenvalue weighted by molar-refractivity contribution is -0.137. The molecule has 0 spiro atoms. The number of rotatable bonds is 0. The number of alkyl halides is 3. The van der Waals surface area contributed by atoms with E-state index in [4.69, 9.17) is 0 Å². The van der Waals surface area contributed by atoms with Gasteiger partial charge in [-0.05, 0) is 41.1 Å². The van der Waals surface area contributed by atoms with Gasteiger partial charge in [0.2, 0.25) is 0 Å². The van der Waals surface area contributed by atoms with Crippen molar-refractivity contribution in [2.75, 3.05) is 0 Å². The van der Waals surface area contributed by atoms with E-state index in [0.717, 1.165) is 44.3 Å². The minimum atomic E-state index is -4.44. The Morgan fingerprint density at radius 2 is 1.24 bits per heavy atom. The topological polar surface area (TPSA) is 17.3 Å². The second-order valence-corrected chi connectivity index (χ2v) is 7.26. The Labute approximate surface area is 162 Å². The van der Waals surface area contributed by atoms with E-state index in [0.29, 0.717) is 10.9 Å². The van der Waals surface area contributed by atoms with Crippen LogP contribution >= 0.6 is 0 Å². The average molecular weight is 386 g/mol. The van der Waals surface area contributed by atoms with Gasteiger partial charge in [-0.2, -0.15) is 13.2 Å². The molecule has 3 aromatic carbocycles. The molecule has 0 bridgehead atoms. The largest absolute Gasteiger partial charge is 0.417 e. The molecule has 0 unspecified atom stereocenters. The molecule has 0 aliphatic heterocycles. The van der Waals surface area contributed by atoms with Crippen LogP contribution in [0.25, 0.3) is 49.0 Å². The Morgan fingerprint density at radius 1 is 0.655 bits per heavy atom. The van der Waals surface area contributed by atoms with Crippen molar-refractivity contribution in [2.24, 2.45) is 0 Å². The van der Waals surface area contributed by atoms with E-state index >= 15 is 0 Å². The summed E-state index contributed by atoms with van der Waals surface area (Å²) >= 11 is 0. The van der Waals surface area contributed by atoms with Crippen LogP contribution in [0.4, 0.5) is 13.2 Å². The normalized spacial score (nSPS) is 12.7. The molecule has 0 amide bonds. The highest BCUT2D eigenvalue weighted by Crippen LogP contribution is 2.37. The fraction of sp³-hybridized carbons (Fsp3) is 0.0417. The van der Waals surface area contributed by atoms with Gasteiger partial charge in [0.1, 0.15) is 0 Å². The minimum Gasteiger partial charge on any atom is -0.308 e. The smallest absolute Gasteiger partial charge is 0.308 e. The first kappa shape index (κ1) is 16.4. The number of nitrogens with zero attached hydrogens (tertiary/aromatic N) is 2. The van der Waals surface area contributed by atoms with Gasteiger partial charge in [0.15, 0.2) is 0 Å². The second-order valence-electron chi connectivity index (χ2n) is 7.26. The van der Waals surface area contributed by atoms with Crippen LogP contribution in [0.3, 0.4) is 0 Å². The highest BCUT2D eigenvalue weighted by atomic mass is 19.4. The lowest BCUT2D eigenvalue weighted by Gasteiger charge is -2.13. The maximum atomic E-state index is 13.4. The van der Waals surface area contributed by atoms with Crippen LogP contribution in [-0.4, -0.2) is 9.38 Å². The highest BCUT2D eigenvalue weighted by Gasteiger charge is 2.31. The lowest BCUT2D eigenvalue weighted by atomic mass is 10.0. The maximum Gasteiger partial charge on any atom is 0.417 e. The summed E-state index contributed by atoms with van der Waals surface area (Å²) in [7, 11) is 0. The van der Waals surface area contributed by atoms with E-state index in [1.54, 1.807) is 0 Å². The number of pyridine rings is 2. The molecule has 5 heteroatoms. The molecule has 140 valence electrons. The van der Waals surface area contributed by atoms with Crippen molar-refractivity contribution in [1.82, 2.24) is 9.38 Å². The van der Waals surface area contributed by atoms with Crippen LogP contribution in [0.1, 0.15) is 5.56 Å². The predicted molar refractivity (Wildman–Crippen MR) is 110 cm³/mol. The van der Waals surface area contributed by atoms with Crippen LogP contribution in [0.5, 0.6) is 0 Å². The molecule has 0 N–H and O–H groups in total. The first-order valence-corrected chi connectivity index (χ1v) is 9.22. The van der Waals surface area contributed by atoms with Crippen molar-refractivity contribution in [3.63, 3.8) is 0 Å². The van der Waals surface area contributed by atoms with E-state index in [2.05, 4.69) is 11.1 Å². The van der Waals surface area contributed by atoms with Crippen molar-refractivity contribution in [3.8, 4) is 0 Å². The van der Waals surface area contributed by atoms with E-state index in [1.807, 2.05) is 65.1 Å². The number of para-hydroxylation sites is 1. The van der Waals surface area contributed by atoms with Crippen molar-refractivity contribution < 1.29 is 13.2 Å². The molecular formula is C24H13F3N2. The summed E-state index contributed by atoms with van der Waals surface area (Å²) in [6, 6.07) is 23.1. The van der Waals surface area contributed by atoms with Gasteiger partial charge in [-0.3, -0.25) is 4.98 Å². The summed E-state index contributed by atoms with van der Waals surface area (Å²) < 4.78 is 42.2. The zero-order chi connectivity index (χ0) is 19.8. The summed E-state index contributed by atoms with van der Waals surface area (Å²) in [6.07, 6.45) is -3.52. The molecule has 6 aromatic rings. The van der Waals surface area contributed by atoms with Gasteiger partial charge in [0, 0.05) is 22.4 Å². The fourth-order valence-corrected chi connectivity index (χ4v) is 4.25. The second kappa shape index (κ2) is 5.47. The van der Waals surface area contributed by atoms with Gasteiger partial charge in [-0.1, -0.05) is 42.5 Å². The van der Waals surface area contributed by atoms with E-state index in [-0.39, 0.29) is 0 Å². The number of fused-ring (bicyclic) bond motifs is 9. The van der Waals surface area contributed by atoms with E-state index < -0.39 is 11.7 Å². The number of benzene rings is 3. The molecule has 6 rings (SSSR count). The number of halogens is 3. The van der Waals surface area contributed by atoms with Crippen molar-refractivity contribution in [1.29, 1.82) is 0 Å². The van der Waals surface area contributed by atoms with Crippen LogP contribution < -0.4 is 0 Å². The first-order chi connectivity index (χ1) is 14.0. The Kier molecular flexibility index (Phi) is 3.09. The zero-order valence-electron chi connectivity index (χ0n) is 15.0. The lowest BCUT2D eigenvalue weighted by Crippen LogP contribution is -2.05. The molecule has 3 aromatic heterocycles. The summed E-state index contributed by atoms with van der Waals surface area (Å²) in [5, 5.41) is 4.41. The fourth-order valence-electron chi connectivity index (χ4n) is 4.25. The molecule has 3 heterocycles. The highest BCUT2D eigenvalue weighted by molar-refractivity contribution is 6.16. The number of hydrogen-bond acceptors (Lipinski definition) is 1. The molecular weight excluding hydrogens is 373 g/mol. The molecule has 0 saturated heterocycles. The molecule has 0 radical (unpaired) electrons. The third-order valence-electron chi connectivity index (χ3n) is 5.56. The third-order valence-corrected chi connectivity index (χ3v) is 5.56. The van der Waals surface area contributed by atoms with Gasteiger partial charge >= 0.3 is 6.18 Å². The van der Waals surface area contributed by atoms with Gasteiger partial charge in [-0.15, -0.1) is 0 Å². The summed E-state index contributed by atoms with van der Waals surface area (Å²) in [6.45, 7) is 0. The van der Waals surface area contributed by atoms with Crippen LogP contribution in [-0.2, 0) is 6.18 Å². The molecule has 0 saturated carbocycles. The summed E-state index contributed by atoms with van der Waals surface area (Å²) in [5.74, 6) is 0. The van der Waals surface area contributed by atoms with Crippen molar-refractivity contribution in [2.45, 2.75) is 6.18 Å². The van der Waals surface area contributed by atoms with Crippen molar-refractivity contribution >= 4 is 49.0 Å². The Hall–Kier alpha value is -3.60. The first-order valence-electron chi connectivity index (χ1n) is 9.22. The zero-order valence-corrected chi connectivity index (χ0v) is 15.0. The summed E-state index contributed by atoms with van der Waals surface area (Å²) in [4.78, 5) is 4.27. The van der Waals surface area contributed by atoms with E-state index in [9.17, 15) is 13.2 Å². The number of aromatic nitrogens is 2. The molecule has 0 fully saturated rings. The third kappa shape index (κ3) is 2.27. The molecule has 0 atom stereocenters. The van der Waals surface area contributed by atoms with Gasteiger partial charge in [-0.25, -0.2) is 0 Å². The SMILES string of the molecule is FC(F)(F)c1cnc2c3cc4ccccc4cc3n3c4ccccc4cc3c2c1. The molecule has 0 aliphatic rings. The standard InChI is InChI=1S/C24H13F3N2/c25-24(26,27)17-12-19-22-11-16-7-3-4-8-20(16)29(22)21-10-15-6-2-1-5-14(15)9-18(21)23(19)28-13-17/h1-13H. The van der Waals surface area contributed by atoms with Crippen LogP contribution in [0, 0.1) is 0 Å². The van der Waals surface area contributed by atoms with Gasteiger partial charge in [0.05, 0.1) is 27.6 Å². The van der Waals surface area contributed by atoms with Crippen LogP contribution in [0.2, 0.25) is 0 Å². The quantitative estimate of drug-likeness (QED) is 0.204. The van der Waals surface area contributed by atoms with Crippen LogP contribution in [0.15, 0.2) is 79.0 Å².